The molecular formula is C23H31N4O3+. The first-order valence-corrected chi connectivity index (χ1v) is 10.6. The minimum atomic E-state index is -0.382. The number of piperazine rings is 1. The van der Waals surface area contributed by atoms with Crippen LogP contribution in [0, 0.1) is 16.0 Å². The first kappa shape index (κ1) is 21.8. The van der Waals surface area contributed by atoms with Crippen LogP contribution in [0.4, 0.5) is 11.4 Å². The van der Waals surface area contributed by atoms with Crippen molar-refractivity contribution in [2.24, 2.45) is 5.92 Å². The largest absolute Gasteiger partial charge is 0.360 e. The Bertz CT molecular complexity index is 831. The van der Waals surface area contributed by atoms with Crippen LogP contribution in [-0.2, 0) is 4.79 Å². The molecule has 1 amide bonds. The molecule has 1 saturated heterocycles. The van der Waals surface area contributed by atoms with E-state index in [1.54, 1.807) is 24.3 Å². The van der Waals surface area contributed by atoms with E-state index in [1.807, 2.05) is 18.2 Å². The summed E-state index contributed by atoms with van der Waals surface area (Å²) in [5.74, 6) is 0.580. The van der Waals surface area contributed by atoms with Crippen LogP contribution < -0.4 is 15.1 Å². The molecule has 1 aliphatic heterocycles. The number of nitro benzene ring substituents is 1. The third kappa shape index (κ3) is 6.03. The third-order valence-corrected chi connectivity index (χ3v) is 5.55. The molecule has 160 valence electrons. The lowest BCUT2D eigenvalue weighted by molar-refractivity contribution is -0.892. The number of hydrogen-bond donors (Lipinski definition) is 2. The number of rotatable bonds is 8. The van der Waals surface area contributed by atoms with E-state index in [2.05, 4.69) is 36.2 Å². The molecule has 0 bridgehead atoms. The zero-order valence-corrected chi connectivity index (χ0v) is 17.7. The van der Waals surface area contributed by atoms with Crippen LogP contribution in [0.15, 0.2) is 54.6 Å². The van der Waals surface area contributed by atoms with Gasteiger partial charge in [0.05, 0.1) is 37.1 Å². The monoisotopic (exact) mass is 411 g/mol. The molecule has 1 aliphatic rings. The lowest BCUT2D eigenvalue weighted by atomic mass is 9.97. The lowest BCUT2D eigenvalue weighted by Crippen LogP contribution is -3.16. The Labute approximate surface area is 177 Å². The highest BCUT2D eigenvalue weighted by Gasteiger charge is 2.24. The maximum absolute atomic E-state index is 12.7. The van der Waals surface area contributed by atoms with Crippen molar-refractivity contribution in [1.82, 2.24) is 5.32 Å². The van der Waals surface area contributed by atoms with Crippen LogP contribution >= 0.6 is 0 Å². The molecule has 0 aliphatic carbocycles. The number of carbonyl (C=O) groups is 1. The Morgan fingerprint density at radius 2 is 1.73 bits per heavy atom. The zero-order chi connectivity index (χ0) is 21.5. The normalized spacial score (nSPS) is 15.8. The van der Waals surface area contributed by atoms with E-state index in [0.717, 1.165) is 43.9 Å². The van der Waals surface area contributed by atoms with Crippen molar-refractivity contribution >= 4 is 17.3 Å². The Morgan fingerprint density at radius 1 is 1.10 bits per heavy atom. The molecule has 3 rings (SSSR count). The van der Waals surface area contributed by atoms with E-state index in [4.69, 9.17) is 0 Å². The number of nitrogens with one attached hydrogen (secondary N) is 2. The fourth-order valence-electron chi connectivity index (χ4n) is 3.95. The minimum Gasteiger partial charge on any atom is -0.360 e. The number of non-ortho nitro benzene ring substituents is 1. The van der Waals surface area contributed by atoms with Gasteiger partial charge in [0.15, 0.2) is 6.54 Å². The second-order valence-corrected chi connectivity index (χ2v) is 8.35. The molecule has 0 unspecified atom stereocenters. The molecule has 2 aromatic carbocycles. The quantitative estimate of drug-likeness (QED) is 0.516. The van der Waals surface area contributed by atoms with Crippen molar-refractivity contribution < 1.29 is 14.6 Å². The Balaban J connectivity index is 1.51. The molecule has 0 radical (unpaired) electrons. The summed E-state index contributed by atoms with van der Waals surface area (Å²) in [6.07, 6.45) is 0.916. The van der Waals surface area contributed by atoms with Crippen molar-refractivity contribution in [2.45, 2.75) is 26.3 Å². The maximum Gasteiger partial charge on any atom is 0.275 e. The molecule has 1 heterocycles. The van der Waals surface area contributed by atoms with E-state index in [-0.39, 0.29) is 22.6 Å². The summed E-state index contributed by atoms with van der Waals surface area (Å²) in [6.45, 7) is 8.20. The summed E-state index contributed by atoms with van der Waals surface area (Å²) in [4.78, 5) is 26.6. The fraction of sp³-hybridized carbons (Fsp3) is 0.435. The number of nitro groups is 1. The Kier molecular flexibility index (Phi) is 7.41. The van der Waals surface area contributed by atoms with Crippen LogP contribution in [0.3, 0.4) is 0 Å². The minimum absolute atomic E-state index is 0.0412. The Morgan fingerprint density at radius 3 is 2.30 bits per heavy atom. The Hall–Kier alpha value is -2.93. The third-order valence-electron chi connectivity index (χ3n) is 5.55. The van der Waals surface area contributed by atoms with Crippen LogP contribution in [0.1, 0.15) is 31.9 Å². The van der Waals surface area contributed by atoms with Crippen LogP contribution in [-0.4, -0.2) is 43.6 Å². The van der Waals surface area contributed by atoms with Gasteiger partial charge in [-0.05, 0) is 30.0 Å². The molecule has 7 nitrogen and oxygen atoms in total. The van der Waals surface area contributed by atoms with E-state index in [1.165, 1.54) is 4.90 Å². The number of carbonyl (C=O) groups excluding carboxylic acids is 1. The van der Waals surface area contributed by atoms with Gasteiger partial charge in [-0.25, -0.2) is 0 Å². The molecule has 30 heavy (non-hydrogen) atoms. The molecule has 2 aromatic rings. The fourth-order valence-corrected chi connectivity index (χ4v) is 3.95. The average Bonchev–Trinajstić information content (AvgIpc) is 2.74. The second-order valence-electron chi connectivity index (χ2n) is 8.35. The highest BCUT2D eigenvalue weighted by molar-refractivity contribution is 5.77. The highest BCUT2D eigenvalue weighted by Crippen LogP contribution is 2.21. The topological polar surface area (TPSA) is 79.9 Å². The van der Waals surface area contributed by atoms with Gasteiger partial charge in [0.2, 0.25) is 0 Å². The van der Waals surface area contributed by atoms with Crippen LogP contribution in [0.5, 0.6) is 0 Å². The van der Waals surface area contributed by atoms with Gasteiger partial charge in [-0.2, -0.15) is 0 Å². The summed E-state index contributed by atoms with van der Waals surface area (Å²) < 4.78 is 0. The second kappa shape index (κ2) is 10.2. The van der Waals surface area contributed by atoms with E-state index >= 15 is 0 Å². The summed E-state index contributed by atoms with van der Waals surface area (Å²) >= 11 is 0. The van der Waals surface area contributed by atoms with Crippen molar-refractivity contribution in [1.29, 1.82) is 0 Å². The smallest absolute Gasteiger partial charge is 0.275 e. The number of amides is 1. The van der Waals surface area contributed by atoms with Gasteiger partial charge in [0, 0.05) is 17.8 Å². The summed E-state index contributed by atoms with van der Waals surface area (Å²) in [5, 5.41) is 14.0. The van der Waals surface area contributed by atoms with Crippen molar-refractivity contribution in [3.8, 4) is 0 Å². The van der Waals surface area contributed by atoms with Gasteiger partial charge in [-0.1, -0.05) is 44.2 Å². The molecule has 2 N–H and O–H groups in total. The zero-order valence-electron chi connectivity index (χ0n) is 17.7. The van der Waals surface area contributed by atoms with E-state index in [9.17, 15) is 14.9 Å². The van der Waals surface area contributed by atoms with Gasteiger partial charge < -0.3 is 15.1 Å². The number of benzene rings is 2. The first-order chi connectivity index (χ1) is 14.4. The molecule has 0 saturated carbocycles. The average molecular weight is 412 g/mol. The van der Waals surface area contributed by atoms with E-state index < -0.39 is 0 Å². The number of nitrogens with zero attached hydrogens (tertiary/aromatic N) is 2. The number of quaternary nitrogens is 1. The summed E-state index contributed by atoms with van der Waals surface area (Å²) in [6, 6.07) is 16.9. The van der Waals surface area contributed by atoms with E-state index in [0.29, 0.717) is 12.5 Å². The molecule has 0 spiro atoms. The van der Waals surface area contributed by atoms with Gasteiger partial charge in [-0.3, -0.25) is 14.9 Å². The molecular weight excluding hydrogens is 380 g/mol. The standard InChI is InChI=1S/C23H30N4O3/c1-18(2)16-22(19-6-4-3-5-7-19)24-23(28)17-25-12-14-26(15-13-25)20-8-10-21(11-9-20)27(29)30/h3-11,18,22H,12-17H2,1-2H3,(H,24,28)/p+1/t22-/m0/s1. The first-order valence-electron chi connectivity index (χ1n) is 10.6. The maximum atomic E-state index is 12.7. The number of anilines is 1. The van der Waals surface area contributed by atoms with Crippen LogP contribution in [0.25, 0.3) is 0 Å². The molecule has 7 heteroatoms. The molecule has 0 aromatic heterocycles. The van der Waals surface area contributed by atoms with Crippen molar-refractivity contribution in [3.63, 3.8) is 0 Å². The summed E-state index contributed by atoms with van der Waals surface area (Å²) in [7, 11) is 0. The molecule has 1 atom stereocenters. The van der Waals surface area contributed by atoms with Gasteiger partial charge >= 0.3 is 0 Å². The van der Waals surface area contributed by atoms with Crippen molar-refractivity contribution in [3.05, 3.63) is 70.3 Å². The lowest BCUT2D eigenvalue weighted by Gasteiger charge is -2.33. The van der Waals surface area contributed by atoms with Gasteiger partial charge in [0.25, 0.3) is 11.6 Å². The predicted octanol–water partition coefficient (Wildman–Crippen LogP) is 2.20. The highest BCUT2D eigenvalue weighted by atomic mass is 16.6. The van der Waals surface area contributed by atoms with Crippen LogP contribution in [0.2, 0.25) is 0 Å². The molecule has 1 fully saturated rings. The SMILES string of the molecule is CC(C)C[C@H](NC(=O)C[NH+]1CCN(c2ccc([N+](=O)[O-])cc2)CC1)c1ccccc1. The van der Waals surface area contributed by atoms with Crippen molar-refractivity contribution in [2.75, 3.05) is 37.6 Å². The predicted molar refractivity (Wildman–Crippen MR) is 118 cm³/mol. The van der Waals surface area contributed by atoms with Gasteiger partial charge in [-0.15, -0.1) is 0 Å². The van der Waals surface area contributed by atoms with Gasteiger partial charge in [0.1, 0.15) is 0 Å². The number of hydrogen-bond acceptors (Lipinski definition) is 4. The summed E-state index contributed by atoms with van der Waals surface area (Å²) in [5.41, 5.74) is 2.25.